The van der Waals surface area contributed by atoms with Crippen molar-refractivity contribution >= 4 is 33.8 Å². The maximum absolute atomic E-state index is 4.65. The number of aromatic nitrogens is 4. The lowest BCUT2D eigenvalue weighted by atomic mass is 10.1. The van der Waals surface area contributed by atoms with Crippen molar-refractivity contribution in [1.29, 1.82) is 0 Å². The molecule has 0 unspecified atom stereocenters. The first kappa shape index (κ1) is 15.1. The van der Waals surface area contributed by atoms with Crippen molar-refractivity contribution in [3.05, 3.63) is 58.7 Å². The monoisotopic (exact) mass is 334 g/mol. The van der Waals surface area contributed by atoms with Crippen LogP contribution in [-0.2, 0) is 5.75 Å². The molecule has 0 fully saturated rings. The van der Waals surface area contributed by atoms with Crippen molar-refractivity contribution in [1.82, 2.24) is 20.2 Å². The Morgan fingerprint density at radius 3 is 2.54 bits per heavy atom. The second kappa shape index (κ2) is 5.91. The minimum atomic E-state index is 0.698. The topological polar surface area (TPSA) is 54.5 Å². The summed E-state index contributed by atoms with van der Waals surface area (Å²) in [6.07, 6.45) is 0. The van der Waals surface area contributed by atoms with Gasteiger partial charge in [-0.1, -0.05) is 53.2 Å². The smallest absolute Gasteiger partial charge is 0.211 e. The Bertz CT molecular complexity index is 1030. The molecule has 0 aliphatic carbocycles. The van der Waals surface area contributed by atoms with Crippen molar-refractivity contribution in [2.75, 3.05) is 0 Å². The van der Waals surface area contributed by atoms with Crippen LogP contribution in [0, 0.1) is 20.8 Å². The third kappa shape index (κ3) is 2.76. The molecule has 0 amide bonds. The van der Waals surface area contributed by atoms with Crippen LogP contribution >= 0.6 is 11.8 Å². The summed E-state index contributed by atoms with van der Waals surface area (Å²) in [7, 11) is 0. The van der Waals surface area contributed by atoms with E-state index >= 15 is 0 Å². The molecule has 2 aromatic heterocycles. The highest BCUT2D eigenvalue weighted by atomic mass is 32.2. The van der Waals surface area contributed by atoms with Crippen LogP contribution in [0.4, 0.5) is 0 Å². The van der Waals surface area contributed by atoms with Crippen molar-refractivity contribution in [2.45, 2.75) is 31.7 Å². The van der Waals surface area contributed by atoms with Crippen LogP contribution in [0.5, 0.6) is 0 Å². The average molecular weight is 334 g/mol. The highest BCUT2D eigenvalue weighted by Gasteiger charge is 2.11. The zero-order chi connectivity index (χ0) is 16.7. The third-order valence-electron chi connectivity index (χ3n) is 4.13. The van der Waals surface area contributed by atoms with Gasteiger partial charge in [0.25, 0.3) is 0 Å². The Morgan fingerprint density at radius 1 is 0.958 bits per heavy atom. The van der Waals surface area contributed by atoms with E-state index in [2.05, 4.69) is 77.3 Å². The van der Waals surface area contributed by atoms with E-state index in [1.54, 1.807) is 11.8 Å². The van der Waals surface area contributed by atoms with Gasteiger partial charge in [-0.3, -0.25) is 0 Å². The van der Waals surface area contributed by atoms with Gasteiger partial charge in [0.2, 0.25) is 5.16 Å². The molecule has 5 heteroatoms. The summed E-state index contributed by atoms with van der Waals surface area (Å²) in [5, 5.41) is 10.5. The first-order valence-electron chi connectivity index (χ1n) is 7.92. The summed E-state index contributed by atoms with van der Waals surface area (Å²) in [4.78, 5) is 8.04. The highest BCUT2D eigenvalue weighted by molar-refractivity contribution is 7.98. The maximum atomic E-state index is 4.65. The molecule has 4 nitrogen and oxygen atoms in total. The van der Waals surface area contributed by atoms with Crippen LogP contribution < -0.4 is 0 Å². The largest absolute Gasteiger partial charge is 0.337 e. The van der Waals surface area contributed by atoms with Gasteiger partial charge in [0.15, 0.2) is 5.65 Å². The number of aromatic amines is 1. The lowest BCUT2D eigenvalue weighted by Gasteiger charge is -2.01. The number of benzene rings is 2. The first-order chi connectivity index (χ1) is 11.6. The predicted molar refractivity (Wildman–Crippen MR) is 99.4 cm³/mol. The van der Waals surface area contributed by atoms with Gasteiger partial charge >= 0.3 is 0 Å². The molecule has 24 heavy (non-hydrogen) atoms. The SMILES string of the molecule is Cc1ccc(CSc2nnc3c(n2)[nH]c2c(C)cc(C)cc23)cc1. The quantitative estimate of drug-likeness (QED) is 0.551. The van der Waals surface area contributed by atoms with Gasteiger partial charge in [-0.25, -0.2) is 4.98 Å². The Kier molecular flexibility index (Phi) is 3.73. The molecule has 1 N–H and O–H groups in total. The van der Waals surface area contributed by atoms with Gasteiger partial charge in [0.05, 0.1) is 5.52 Å². The Labute approximate surface area is 144 Å². The summed E-state index contributed by atoms with van der Waals surface area (Å²) in [5.74, 6) is 0.839. The van der Waals surface area contributed by atoms with Gasteiger partial charge < -0.3 is 4.98 Å². The minimum Gasteiger partial charge on any atom is -0.337 e. The van der Waals surface area contributed by atoms with Crippen LogP contribution in [0.15, 0.2) is 41.6 Å². The molecule has 0 aliphatic rings. The van der Waals surface area contributed by atoms with E-state index in [0.29, 0.717) is 5.16 Å². The lowest BCUT2D eigenvalue weighted by molar-refractivity contribution is 0.878. The zero-order valence-corrected chi connectivity index (χ0v) is 14.7. The Morgan fingerprint density at radius 2 is 1.75 bits per heavy atom. The average Bonchev–Trinajstić information content (AvgIpc) is 2.93. The number of nitrogens with zero attached hydrogens (tertiary/aromatic N) is 3. The fourth-order valence-corrected chi connectivity index (χ4v) is 3.65. The van der Waals surface area contributed by atoms with E-state index < -0.39 is 0 Å². The van der Waals surface area contributed by atoms with Crippen molar-refractivity contribution in [3.63, 3.8) is 0 Å². The minimum absolute atomic E-state index is 0.698. The van der Waals surface area contributed by atoms with Gasteiger partial charge in [-0.15, -0.1) is 10.2 Å². The maximum Gasteiger partial charge on any atom is 0.211 e. The zero-order valence-electron chi connectivity index (χ0n) is 13.9. The number of nitrogens with one attached hydrogen (secondary N) is 1. The molecule has 4 aromatic rings. The van der Waals surface area contributed by atoms with Crippen molar-refractivity contribution in [2.24, 2.45) is 0 Å². The van der Waals surface area contributed by atoms with Crippen LogP contribution in [0.25, 0.3) is 22.1 Å². The molecule has 120 valence electrons. The van der Waals surface area contributed by atoms with Crippen LogP contribution in [-0.4, -0.2) is 20.2 Å². The molecule has 2 heterocycles. The van der Waals surface area contributed by atoms with E-state index in [1.807, 2.05) is 0 Å². The van der Waals surface area contributed by atoms with E-state index in [1.165, 1.54) is 22.3 Å². The van der Waals surface area contributed by atoms with E-state index in [0.717, 1.165) is 27.8 Å². The van der Waals surface area contributed by atoms with E-state index in [4.69, 9.17) is 0 Å². The molecule has 4 rings (SSSR count). The Balaban J connectivity index is 1.66. The molecule has 0 bridgehead atoms. The number of hydrogen-bond donors (Lipinski definition) is 1. The fourth-order valence-electron chi connectivity index (χ4n) is 2.91. The molecule has 0 spiro atoms. The van der Waals surface area contributed by atoms with Crippen LogP contribution in [0.3, 0.4) is 0 Å². The van der Waals surface area contributed by atoms with Gasteiger partial charge in [0, 0.05) is 11.1 Å². The number of rotatable bonds is 3. The molecule has 0 aliphatic heterocycles. The Hall–Kier alpha value is -2.40. The lowest BCUT2D eigenvalue weighted by Crippen LogP contribution is -1.92. The normalized spacial score (nSPS) is 11.5. The van der Waals surface area contributed by atoms with Crippen LogP contribution in [0.2, 0.25) is 0 Å². The number of fused-ring (bicyclic) bond motifs is 3. The summed E-state index contributed by atoms with van der Waals surface area (Å²) < 4.78 is 0. The van der Waals surface area contributed by atoms with Gasteiger partial charge in [0.1, 0.15) is 5.52 Å². The number of thioether (sulfide) groups is 1. The van der Waals surface area contributed by atoms with Crippen molar-refractivity contribution in [3.8, 4) is 0 Å². The van der Waals surface area contributed by atoms with Crippen LogP contribution in [0.1, 0.15) is 22.3 Å². The fraction of sp³-hybridized carbons (Fsp3) is 0.211. The molecule has 2 aromatic carbocycles. The summed E-state index contributed by atoms with van der Waals surface area (Å²) >= 11 is 1.61. The molecule has 0 radical (unpaired) electrons. The third-order valence-corrected chi connectivity index (χ3v) is 5.04. The summed E-state index contributed by atoms with van der Waals surface area (Å²) in [6.45, 7) is 6.29. The molecular formula is C19H18N4S. The van der Waals surface area contributed by atoms with E-state index in [-0.39, 0.29) is 0 Å². The molecule has 0 saturated carbocycles. The van der Waals surface area contributed by atoms with E-state index in [9.17, 15) is 0 Å². The van der Waals surface area contributed by atoms with Gasteiger partial charge in [-0.05, 0) is 38.0 Å². The predicted octanol–water partition coefficient (Wildman–Crippen LogP) is 4.72. The summed E-state index contributed by atoms with van der Waals surface area (Å²) in [5.41, 5.74) is 7.71. The number of aryl methyl sites for hydroxylation is 3. The highest BCUT2D eigenvalue weighted by Crippen LogP contribution is 2.27. The summed E-state index contributed by atoms with van der Waals surface area (Å²) in [6, 6.07) is 12.8. The standard InChI is InChI=1S/C19H18N4S/c1-11-4-6-14(7-5-11)10-24-19-21-18-17(22-23-19)15-9-12(2)8-13(3)16(15)20-18/h4-9H,10H2,1-3H3,(H,20,21,23). The van der Waals surface area contributed by atoms with Crippen molar-refractivity contribution < 1.29 is 0 Å². The van der Waals surface area contributed by atoms with Gasteiger partial charge in [-0.2, -0.15) is 0 Å². The second-order valence-electron chi connectivity index (χ2n) is 6.20. The second-order valence-corrected chi connectivity index (χ2v) is 7.14. The first-order valence-corrected chi connectivity index (χ1v) is 8.90. The number of H-pyrrole nitrogens is 1. The number of hydrogen-bond acceptors (Lipinski definition) is 4. The molecule has 0 atom stereocenters. The molecule has 0 saturated heterocycles. The molecular weight excluding hydrogens is 316 g/mol.